The third-order valence-corrected chi connectivity index (χ3v) is 2.94. The van der Waals surface area contributed by atoms with E-state index in [1.54, 1.807) is 13.0 Å². The Kier molecular flexibility index (Phi) is 3.75. The Hall–Kier alpha value is -2.43. The summed E-state index contributed by atoms with van der Waals surface area (Å²) in [6.45, 7) is 3.73. The van der Waals surface area contributed by atoms with Gasteiger partial charge in [0.25, 0.3) is 5.69 Å². The van der Waals surface area contributed by atoms with Crippen molar-refractivity contribution in [2.45, 2.75) is 19.9 Å². The van der Waals surface area contributed by atoms with Crippen molar-refractivity contribution in [1.29, 1.82) is 0 Å². The second-order valence-corrected chi connectivity index (χ2v) is 4.39. The topological polar surface area (TPSA) is 68.1 Å². The third kappa shape index (κ3) is 3.07. The highest BCUT2D eigenvalue weighted by Crippen LogP contribution is 2.22. The molecule has 0 unspecified atom stereocenters. The largest absolute Gasteiger partial charge is 0.364 e. The number of anilines is 1. The van der Waals surface area contributed by atoms with Crippen LogP contribution in [0.15, 0.2) is 42.6 Å². The van der Waals surface area contributed by atoms with E-state index in [9.17, 15) is 10.1 Å². The van der Waals surface area contributed by atoms with Crippen LogP contribution in [0, 0.1) is 17.0 Å². The molecule has 98 valence electrons. The van der Waals surface area contributed by atoms with Crippen LogP contribution in [-0.4, -0.2) is 9.91 Å². The lowest BCUT2D eigenvalue weighted by molar-refractivity contribution is -0.385. The summed E-state index contributed by atoms with van der Waals surface area (Å²) in [5, 5.41) is 14.0. The predicted octanol–water partition coefficient (Wildman–Crippen LogP) is 3.47. The van der Waals surface area contributed by atoms with E-state index in [1.165, 1.54) is 6.20 Å². The molecule has 0 aliphatic rings. The van der Waals surface area contributed by atoms with Crippen LogP contribution >= 0.6 is 0 Å². The molecule has 19 heavy (non-hydrogen) atoms. The second-order valence-electron chi connectivity index (χ2n) is 4.39. The number of aromatic nitrogens is 1. The maximum atomic E-state index is 10.7. The number of nitro groups is 1. The maximum absolute atomic E-state index is 10.7. The molecule has 0 aliphatic carbocycles. The van der Waals surface area contributed by atoms with Gasteiger partial charge in [-0.15, -0.1) is 0 Å². The van der Waals surface area contributed by atoms with Gasteiger partial charge in [-0.05, 0) is 25.5 Å². The van der Waals surface area contributed by atoms with Crippen molar-refractivity contribution in [2.75, 3.05) is 5.32 Å². The molecule has 1 aromatic carbocycles. The van der Waals surface area contributed by atoms with Crippen LogP contribution in [-0.2, 0) is 0 Å². The molecule has 1 heterocycles. The smallest absolute Gasteiger partial charge is 0.290 e. The maximum Gasteiger partial charge on any atom is 0.290 e. The number of nitrogens with one attached hydrogen (secondary N) is 1. The lowest BCUT2D eigenvalue weighted by Crippen LogP contribution is -2.08. The second kappa shape index (κ2) is 5.48. The number of rotatable bonds is 4. The zero-order valence-electron chi connectivity index (χ0n) is 10.8. The van der Waals surface area contributed by atoms with E-state index in [0.717, 1.165) is 5.56 Å². The van der Waals surface area contributed by atoms with Crippen molar-refractivity contribution in [3.05, 3.63) is 63.8 Å². The molecule has 0 bridgehead atoms. The van der Waals surface area contributed by atoms with Crippen molar-refractivity contribution in [1.82, 2.24) is 4.98 Å². The zero-order valence-corrected chi connectivity index (χ0v) is 10.8. The number of hydrogen-bond acceptors (Lipinski definition) is 4. The van der Waals surface area contributed by atoms with Gasteiger partial charge in [0.05, 0.1) is 4.92 Å². The van der Waals surface area contributed by atoms with Gasteiger partial charge in [-0.3, -0.25) is 10.1 Å². The van der Waals surface area contributed by atoms with Crippen LogP contribution in [0.3, 0.4) is 0 Å². The van der Waals surface area contributed by atoms with E-state index in [0.29, 0.717) is 11.4 Å². The minimum atomic E-state index is -0.424. The Morgan fingerprint density at radius 2 is 2.00 bits per heavy atom. The van der Waals surface area contributed by atoms with Gasteiger partial charge in [0.15, 0.2) is 0 Å². The lowest BCUT2D eigenvalue weighted by Gasteiger charge is -2.15. The summed E-state index contributed by atoms with van der Waals surface area (Å²) in [5.74, 6) is 0.638. The molecule has 1 atom stereocenters. The first kappa shape index (κ1) is 13.0. The monoisotopic (exact) mass is 257 g/mol. The summed E-state index contributed by atoms with van der Waals surface area (Å²) in [6, 6.07) is 11.7. The molecule has 5 nitrogen and oxygen atoms in total. The highest BCUT2D eigenvalue weighted by Gasteiger charge is 2.12. The summed E-state index contributed by atoms with van der Waals surface area (Å²) >= 11 is 0. The summed E-state index contributed by atoms with van der Waals surface area (Å²) in [5.41, 5.74) is 1.78. The Labute approximate surface area is 111 Å². The van der Waals surface area contributed by atoms with Crippen molar-refractivity contribution in [3.8, 4) is 0 Å². The standard InChI is InChI=1S/C14H15N3O2/c1-10-8-14(15-9-13(10)17(18)19)16-11(2)12-6-4-3-5-7-12/h3-9,11H,1-2H3,(H,15,16)/t11-/m1/s1. The van der Waals surface area contributed by atoms with E-state index in [-0.39, 0.29) is 11.7 Å². The van der Waals surface area contributed by atoms with E-state index < -0.39 is 4.92 Å². The average molecular weight is 257 g/mol. The van der Waals surface area contributed by atoms with Gasteiger partial charge >= 0.3 is 0 Å². The molecular weight excluding hydrogens is 242 g/mol. The molecule has 0 radical (unpaired) electrons. The van der Waals surface area contributed by atoms with E-state index in [2.05, 4.69) is 10.3 Å². The molecule has 1 N–H and O–H groups in total. The van der Waals surface area contributed by atoms with E-state index in [1.807, 2.05) is 37.3 Å². The van der Waals surface area contributed by atoms with Crippen molar-refractivity contribution < 1.29 is 4.92 Å². The highest BCUT2D eigenvalue weighted by atomic mass is 16.6. The van der Waals surface area contributed by atoms with Gasteiger partial charge in [0.1, 0.15) is 12.0 Å². The average Bonchev–Trinajstić information content (AvgIpc) is 2.39. The molecule has 0 saturated carbocycles. The number of benzene rings is 1. The molecule has 2 rings (SSSR count). The lowest BCUT2D eigenvalue weighted by atomic mass is 10.1. The number of hydrogen-bond donors (Lipinski definition) is 1. The van der Waals surface area contributed by atoms with Crippen molar-refractivity contribution >= 4 is 11.5 Å². The zero-order chi connectivity index (χ0) is 13.8. The molecule has 1 aromatic heterocycles. The van der Waals surface area contributed by atoms with Crippen LogP contribution < -0.4 is 5.32 Å². The van der Waals surface area contributed by atoms with Crippen molar-refractivity contribution in [3.63, 3.8) is 0 Å². The van der Waals surface area contributed by atoms with Gasteiger partial charge < -0.3 is 5.32 Å². The van der Waals surface area contributed by atoms with E-state index in [4.69, 9.17) is 0 Å². The molecule has 0 saturated heterocycles. The van der Waals surface area contributed by atoms with Crippen LogP contribution in [0.5, 0.6) is 0 Å². The fourth-order valence-corrected chi connectivity index (χ4v) is 1.87. The van der Waals surface area contributed by atoms with Crippen LogP contribution in [0.1, 0.15) is 24.1 Å². The summed E-state index contributed by atoms with van der Waals surface area (Å²) in [7, 11) is 0. The summed E-state index contributed by atoms with van der Waals surface area (Å²) in [4.78, 5) is 14.4. The first-order valence-electron chi connectivity index (χ1n) is 6.00. The molecule has 0 amide bonds. The fourth-order valence-electron chi connectivity index (χ4n) is 1.87. The fraction of sp³-hybridized carbons (Fsp3) is 0.214. The highest BCUT2D eigenvalue weighted by molar-refractivity contribution is 5.48. The third-order valence-electron chi connectivity index (χ3n) is 2.94. The number of nitrogens with zero attached hydrogens (tertiary/aromatic N) is 2. The van der Waals surface area contributed by atoms with Gasteiger partial charge in [0.2, 0.25) is 0 Å². The Balaban J connectivity index is 2.16. The molecular formula is C14H15N3O2. The summed E-state index contributed by atoms with van der Waals surface area (Å²) in [6.07, 6.45) is 1.29. The summed E-state index contributed by atoms with van der Waals surface area (Å²) < 4.78 is 0. The Bertz CT molecular complexity index is 584. The van der Waals surface area contributed by atoms with Crippen LogP contribution in [0.25, 0.3) is 0 Å². The van der Waals surface area contributed by atoms with Gasteiger partial charge in [-0.2, -0.15) is 0 Å². The normalized spacial score (nSPS) is 11.9. The minimum Gasteiger partial charge on any atom is -0.364 e. The van der Waals surface area contributed by atoms with Gasteiger partial charge in [-0.25, -0.2) is 4.98 Å². The van der Waals surface area contributed by atoms with Crippen molar-refractivity contribution in [2.24, 2.45) is 0 Å². The molecule has 0 spiro atoms. The van der Waals surface area contributed by atoms with Gasteiger partial charge in [0, 0.05) is 11.6 Å². The first-order valence-corrected chi connectivity index (χ1v) is 6.00. The van der Waals surface area contributed by atoms with Gasteiger partial charge in [-0.1, -0.05) is 30.3 Å². The van der Waals surface area contributed by atoms with E-state index >= 15 is 0 Å². The number of pyridine rings is 1. The quantitative estimate of drug-likeness (QED) is 0.672. The van der Waals surface area contributed by atoms with Crippen LogP contribution in [0.4, 0.5) is 11.5 Å². The van der Waals surface area contributed by atoms with Crippen LogP contribution in [0.2, 0.25) is 0 Å². The Morgan fingerprint density at radius 1 is 1.32 bits per heavy atom. The molecule has 0 aliphatic heterocycles. The molecule has 2 aromatic rings. The SMILES string of the molecule is Cc1cc(N[C@H](C)c2ccccc2)ncc1[N+](=O)[O-]. The number of aryl methyl sites for hydroxylation is 1. The predicted molar refractivity (Wildman–Crippen MR) is 74.1 cm³/mol. The molecule has 5 heteroatoms. The minimum absolute atomic E-state index is 0.0397. The first-order chi connectivity index (χ1) is 9.08. The molecule has 0 fully saturated rings. The Morgan fingerprint density at radius 3 is 2.58 bits per heavy atom.